The van der Waals surface area contributed by atoms with Gasteiger partial charge < -0.3 is 4.90 Å². The summed E-state index contributed by atoms with van der Waals surface area (Å²) in [6, 6.07) is 12.3. The van der Waals surface area contributed by atoms with E-state index >= 15 is 0 Å². The van der Waals surface area contributed by atoms with Crippen molar-refractivity contribution >= 4 is 5.91 Å². The lowest BCUT2D eigenvalue weighted by atomic mass is 9.89. The summed E-state index contributed by atoms with van der Waals surface area (Å²) in [6.45, 7) is 3.04. The molecule has 162 valence electrons. The van der Waals surface area contributed by atoms with Crippen LogP contribution >= 0.6 is 0 Å². The van der Waals surface area contributed by atoms with E-state index in [-0.39, 0.29) is 17.5 Å². The SMILES string of the molecule is Cc1nnnn1C(Cc1ccc(F)cc1)C(=O)N1CCC(Cc2cccc(F)c2)CC1. The smallest absolute Gasteiger partial charge is 0.247 e. The Balaban J connectivity index is 1.43. The summed E-state index contributed by atoms with van der Waals surface area (Å²) in [4.78, 5) is 15.3. The van der Waals surface area contributed by atoms with Crippen LogP contribution in [0.2, 0.25) is 0 Å². The van der Waals surface area contributed by atoms with Crippen LogP contribution in [-0.4, -0.2) is 44.1 Å². The summed E-state index contributed by atoms with van der Waals surface area (Å²) in [5.74, 6) is 0.401. The number of amides is 1. The summed E-state index contributed by atoms with van der Waals surface area (Å²) in [6.07, 6.45) is 2.92. The van der Waals surface area contributed by atoms with Gasteiger partial charge in [-0.1, -0.05) is 24.3 Å². The highest BCUT2D eigenvalue weighted by Crippen LogP contribution is 2.25. The molecule has 1 fully saturated rings. The van der Waals surface area contributed by atoms with E-state index in [0.29, 0.717) is 31.3 Å². The van der Waals surface area contributed by atoms with Gasteiger partial charge in [0.25, 0.3) is 0 Å². The van der Waals surface area contributed by atoms with Gasteiger partial charge in [-0.05, 0) is 77.9 Å². The molecule has 6 nitrogen and oxygen atoms in total. The molecule has 31 heavy (non-hydrogen) atoms. The zero-order chi connectivity index (χ0) is 21.8. The molecule has 1 amide bonds. The molecule has 0 aliphatic carbocycles. The van der Waals surface area contributed by atoms with E-state index in [1.807, 2.05) is 11.0 Å². The summed E-state index contributed by atoms with van der Waals surface area (Å²) in [7, 11) is 0. The molecular formula is C23H25F2N5O. The molecule has 1 aliphatic heterocycles. The molecule has 3 aromatic rings. The number of benzene rings is 2. The summed E-state index contributed by atoms with van der Waals surface area (Å²) < 4.78 is 28.3. The van der Waals surface area contributed by atoms with Crippen molar-refractivity contribution in [2.45, 2.75) is 38.6 Å². The van der Waals surface area contributed by atoms with Gasteiger partial charge in [-0.2, -0.15) is 0 Å². The Labute approximate surface area is 179 Å². The minimum absolute atomic E-state index is 0.0380. The third-order valence-electron chi connectivity index (χ3n) is 5.92. The molecule has 8 heteroatoms. The van der Waals surface area contributed by atoms with E-state index in [9.17, 15) is 13.6 Å². The Morgan fingerprint density at radius 1 is 1.06 bits per heavy atom. The molecule has 1 unspecified atom stereocenters. The van der Waals surface area contributed by atoms with Crippen LogP contribution in [0.25, 0.3) is 0 Å². The second kappa shape index (κ2) is 9.32. The number of tetrazole rings is 1. The molecule has 1 saturated heterocycles. The number of aromatic nitrogens is 4. The van der Waals surface area contributed by atoms with Crippen LogP contribution in [0.15, 0.2) is 48.5 Å². The number of aryl methyl sites for hydroxylation is 1. The number of hydrogen-bond donors (Lipinski definition) is 0. The lowest BCUT2D eigenvalue weighted by molar-refractivity contribution is -0.136. The number of rotatable bonds is 6. The van der Waals surface area contributed by atoms with Crippen LogP contribution < -0.4 is 0 Å². The van der Waals surface area contributed by atoms with Gasteiger partial charge in [0, 0.05) is 19.5 Å². The van der Waals surface area contributed by atoms with Crippen LogP contribution in [0, 0.1) is 24.5 Å². The van der Waals surface area contributed by atoms with Gasteiger partial charge in [0.1, 0.15) is 23.5 Å². The van der Waals surface area contributed by atoms with Gasteiger partial charge in [-0.3, -0.25) is 4.79 Å². The zero-order valence-corrected chi connectivity index (χ0v) is 17.4. The molecule has 0 radical (unpaired) electrons. The van der Waals surface area contributed by atoms with Crippen molar-refractivity contribution in [2.24, 2.45) is 5.92 Å². The van der Waals surface area contributed by atoms with Crippen molar-refractivity contribution in [2.75, 3.05) is 13.1 Å². The lowest BCUT2D eigenvalue weighted by Crippen LogP contribution is -2.43. The maximum absolute atomic E-state index is 13.5. The van der Waals surface area contributed by atoms with Gasteiger partial charge in [-0.15, -0.1) is 5.10 Å². The fourth-order valence-electron chi connectivity index (χ4n) is 4.21. The first-order valence-corrected chi connectivity index (χ1v) is 10.5. The number of nitrogens with zero attached hydrogens (tertiary/aromatic N) is 5. The van der Waals surface area contributed by atoms with Gasteiger partial charge in [0.15, 0.2) is 0 Å². The van der Waals surface area contributed by atoms with Crippen molar-refractivity contribution < 1.29 is 13.6 Å². The van der Waals surface area contributed by atoms with Crippen molar-refractivity contribution in [1.29, 1.82) is 0 Å². The number of carbonyl (C=O) groups is 1. The van der Waals surface area contributed by atoms with Crippen molar-refractivity contribution in [1.82, 2.24) is 25.1 Å². The highest BCUT2D eigenvalue weighted by atomic mass is 19.1. The Morgan fingerprint density at radius 2 is 1.81 bits per heavy atom. The van der Waals surface area contributed by atoms with E-state index in [2.05, 4.69) is 15.5 Å². The number of likely N-dealkylation sites (tertiary alicyclic amines) is 1. The molecule has 0 N–H and O–H groups in total. The fraction of sp³-hybridized carbons (Fsp3) is 0.391. The average molecular weight is 425 g/mol. The standard InChI is InChI=1S/C23H25F2N5O/c1-16-26-27-28-30(16)22(15-17-5-7-20(24)8-6-17)23(31)29-11-9-18(10-12-29)13-19-3-2-4-21(25)14-19/h2-8,14,18,22H,9-13,15H2,1H3. The molecule has 0 bridgehead atoms. The fourth-order valence-corrected chi connectivity index (χ4v) is 4.21. The van der Waals surface area contributed by atoms with Crippen LogP contribution in [0.5, 0.6) is 0 Å². The molecule has 2 heterocycles. The summed E-state index contributed by atoms with van der Waals surface area (Å²) >= 11 is 0. The van der Waals surface area contributed by atoms with Gasteiger partial charge >= 0.3 is 0 Å². The van der Waals surface area contributed by atoms with E-state index in [0.717, 1.165) is 30.4 Å². The topological polar surface area (TPSA) is 63.9 Å². The molecule has 2 aromatic carbocycles. The summed E-state index contributed by atoms with van der Waals surface area (Å²) in [5, 5.41) is 11.6. The Kier molecular flexibility index (Phi) is 6.34. The average Bonchev–Trinajstić information content (AvgIpc) is 3.19. The Hall–Kier alpha value is -3.16. The molecule has 1 aromatic heterocycles. The Bertz CT molecular complexity index is 1030. The Morgan fingerprint density at radius 3 is 2.45 bits per heavy atom. The second-order valence-electron chi connectivity index (χ2n) is 8.12. The van der Waals surface area contributed by atoms with Crippen LogP contribution in [0.1, 0.15) is 35.8 Å². The van der Waals surface area contributed by atoms with Gasteiger partial charge in [-0.25, -0.2) is 13.5 Å². The molecule has 1 atom stereocenters. The van der Waals surface area contributed by atoms with Gasteiger partial charge in [0.2, 0.25) is 5.91 Å². The number of hydrogen-bond acceptors (Lipinski definition) is 4. The van der Waals surface area contributed by atoms with Crippen molar-refractivity contribution in [3.63, 3.8) is 0 Å². The lowest BCUT2D eigenvalue weighted by Gasteiger charge is -2.34. The quantitative estimate of drug-likeness (QED) is 0.606. The minimum Gasteiger partial charge on any atom is -0.341 e. The van der Waals surface area contributed by atoms with Crippen molar-refractivity contribution in [3.05, 3.63) is 77.1 Å². The number of piperidine rings is 1. The second-order valence-corrected chi connectivity index (χ2v) is 8.12. The number of halogens is 2. The third kappa shape index (κ3) is 5.13. The van der Waals surface area contributed by atoms with Crippen LogP contribution in [0.3, 0.4) is 0 Å². The predicted molar refractivity (Wildman–Crippen MR) is 111 cm³/mol. The molecule has 1 aliphatic rings. The summed E-state index contributed by atoms with van der Waals surface area (Å²) in [5.41, 5.74) is 1.83. The third-order valence-corrected chi connectivity index (χ3v) is 5.92. The zero-order valence-electron chi connectivity index (χ0n) is 17.4. The first kappa shape index (κ1) is 21.1. The highest BCUT2D eigenvalue weighted by Gasteiger charge is 2.31. The maximum atomic E-state index is 13.5. The normalized spacial score (nSPS) is 15.8. The molecule has 0 saturated carbocycles. The van der Waals surface area contributed by atoms with E-state index in [4.69, 9.17) is 0 Å². The maximum Gasteiger partial charge on any atom is 0.247 e. The van der Waals surface area contributed by atoms with Crippen molar-refractivity contribution in [3.8, 4) is 0 Å². The predicted octanol–water partition coefficient (Wildman–Crippen LogP) is 3.52. The minimum atomic E-state index is -0.583. The van der Waals surface area contributed by atoms with Gasteiger partial charge in [0.05, 0.1) is 0 Å². The number of carbonyl (C=O) groups excluding carboxylic acids is 1. The van der Waals surface area contributed by atoms with Crippen LogP contribution in [-0.2, 0) is 17.6 Å². The highest BCUT2D eigenvalue weighted by molar-refractivity contribution is 5.80. The van der Waals surface area contributed by atoms with Crippen LogP contribution in [0.4, 0.5) is 8.78 Å². The first-order valence-electron chi connectivity index (χ1n) is 10.5. The molecule has 4 rings (SSSR count). The van der Waals surface area contributed by atoms with E-state index < -0.39 is 6.04 Å². The molecular weight excluding hydrogens is 400 g/mol. The monoisotopic (exact) mass is 425 g/mol. The molecule has 0 spiro atoms. The van der Waals surface area contributed by atoms with E-state index in [1.165, 1.54) is 18.2 Å². The van der Waals surface area contributed by atoms with E-state index in [1.54, 1.807) is 35.9 Å². The first-order chi connectivity index (χ1) is 15.0. The largest absolute Gasteiger partial charge is 0.341 e.